The highest BCUT2D eigenvalue weighted by molar-refractivity contribution is 5.95. The highest BCUT2D eigenvalue weighted by Crippen LogP contribution is 2.24. The molecule has 0 aromatic heterocycles. The summed E-state index contributed by atoms with van der Waals surface area (Å²) in [6.45, 7) is 2.60. The molecule has 0 bridgehead atoms. The molecule has 4 nitrogen and oxygen atoms in total. The molecule has 1 N–H and O–H groups in total. The van der Waals surface area contributed by atoms with Gasteiger partial charge in [-0.3, -0.25) is 9.69 Å². The number of halogens is 1. The van der Waals surface area contributed by atoms with Gasteiger partial charge in [0.25, 0.3) is 0 Å². The number of nitrogens with zero attached hydrogens (tertiary/aromatic N) is 1. The predicted molar refractivity (Wildman–Crippen MR) is 86.6 cm³/mol. The summed E-state index contributed by atoms with van der Waals surface area (Å²) in [5, 5.41) is 2.82. The predicted octanol–water partition coefficient (Wildman–Crippen LogP) is 2.84. The fourth-order valence-electron chi connectivity index (χ4n) is 2.78. The Morgan fingerprint density at radius 3 is 2.52 bits per heavy atom. The van der Waals surface area contributed by atoms with Gasteiger partial charge >= 0.3 is 0 Å². The third-order valence-electron chi connectivity index (χ3n) is 3.87. The summed E-state index contributed by atoms with van der Waals surface area (Å²) < 4.78 is 18.7. The molecule has 1 saturated heterocycles. The summed E-state index contributed by atoms with van der Waals surface area (Å²) in [6, 6.07) is 15.1. The average molecular weight is 314 g/mol. The van der Waals surface area contributed by atoms with Crippen LogP contribution in [0.5, 0.6) is 0 Å². The van der Waals surface area contributed by atoms with Crippen LogP contribution in [0.3, 0.4) is 0 Å². The van der Waals surface area contributed by atoms with Crippen LogP contribution in [0, 0.1) is 5.82 Å². The molecule has 1 heterocycles. The molecule has 2 aromatic carbocycles. The molecule has 1 fully saturated rings. The summed E-state index contributed by atoms with van der Waals surface area (Å²) >= 11 is 0. The maximum atomic E-state index is 13.3. The minimum absolute atomic E-state index is 0.163. The standard InChI is InChI=1S/C18H19FN2O2/c19-15-7-4-8-16(13-15)20-18(22)17(14-5-2-1-3-6-14)21-9-11-23-12-10-21/h1-8,13,17H,9-12H2,(H,20,22)/t17-/m1/s1. The fraction of sp³-hybridized carbons (Fsp3) is 0.278. The first-order valence-corrected chi connectivity index (χ1v) is 7.67. The van der Waals surface area contributed by atoms with Crippen LogP contribution in [0.25, 0.3) is 0 Å². The summed E-state index contributed by atoms with van der Waals surface area (Å²) in [6.07, 6.45) is 0. The zero-order chi connectivity index (χ0) is 16.1. The van der Waals surface area contributed by atoms with Gasteiger partial charge in [0.05, 0.1) is 13.2 Å². The Labute approximate surface area is 134 Å². The Morgan fingerprint density at radius 2 is 1.83 bits per heavy atom. The Bertz CT molecular complexity index is 657. The van der Waals surface area contributed by atoms with Gasteiger partial charge in [-0.05, 0) is 23.8 Å². The van der Waals surface area contributed by atoms with Crippen LogP contribution >= 0.6 is 0 Å². The van der Waals surface area contributed by atoms with Gasteiger partial charge in [0.15, 0.2) is 0 Å². The molecule has 1 amide bonds. The van der Waals surface area contributed by atoms with E-state index in [1.165, 1.54) is 12.1 Å². The van der Waals surface area contributed by atoms with E-state index in [1.54, 1.807) is 12.1 Å². The van der Waals surface area contributed by atoms with Gasteiger partial charge in [0.2, 0.25) is 5.91 Å². The van der Waals surface area contributed by atoms with Crippen molar-refractivity contribution in [3.8, 4) is 0 Å². The first-order chi connectivity index (χ1) is 11.2. The van der Waals surface area contributed by atoms with Crippen molar-refractivity contribution in [2.24, 2.45) is 0 Å². The number of carbonyl (C=O) groups excluding carboxylic acids is 1. The number of hydrogen-bond donors (Lipinski definition) is 1. The van der Waals surface area contributed by atoms with Crippen LogP contribution in [0.15, 0.2) is 54.6 Å². The second-order valence-electron chi connectivity index (χ2n) is 5.46. The fourth-order valence-corrected chi connectivity index (χ4v) is 2.78. The van der Waals surface area contributed by atoms with Gasteiger partial charge in [-0.25, -0.2) is 4.39 Å². The number of hydrogen-bond acceptors (Lipinski definition) is 3. The number of benzene rings is 2. The quantitative estimate of drug-likeness (QED) is 0.943. The second-order valence-corrected chi connectivity index (χ2v) is 5.46. The Morgan fingerprint density at radius 1 is 1.09 bits per heavy atom. The van der Waals surface area contributed by atoms with Gasteiger partial charge in [-0.1, -0.05) is 36.4 Å². The normalized spacial score (nSPS) is 16.7. The van der Waals surface area contributed by atoms with Gasteiger partial charge < -0.3 is 10.1 Å². The lowest BCUT2D eigenvalue weighted by Crippen LogP contribution is -2.43. The third kappa shape index (κ3) is 3.94. The molecular weight excluding hydrogens is 295 g/mol. The highest BCUT2D eigenvalue weighted by Gasteiger charge is 2.29. The van der Waals surface area contributed by atoms with Crippen LogP contribution in [-0.4, -0.2) is 37.1 Å². The van der Waals surface area contributed by atoms with Crippen LogP contribution in [-0.2, 0) is 9.53 Å². The van der Waals surface area contributed by atoms with Crippen molar-refractivity contribution >= 4 is 11.6 Å². The van der Waals surface area contributed by atoms with Crippen molar-refractivity contribution in [3.05, 3.63) is 66.0 Å². The monoisotopic (exact) mass is 314 g/mol. The molecular formula is C18H19FN2O2. The number of ether oxygens (including phenoxy) is 1. The van der Waals surface area contributed by atoms with E-state index in [0.717, 1.165) is 5.56 Å². The van der Waals surface area contributed by atoms with Crippen molar-refractivity contribution in [2.45, 2.75) is 6.04 Å². The first kappa shape index (κ1) is 15.6. The maximum absolute atomic E-state index is 13.3. The van der Waals surface area contributed by atoms with Crippen molar-refractivity contribution in [1.29, 1.82) is 0 Å². The number of morpholine rings is 1. The van der Waals surface area contributed by atoms with E-state index >= 15 is 0 Å². The van der Waals surface area contributed by atoms with E-state index in [0.29, 0.717) is 32.0 Å². The SMILES string of the molecule is O=C(Nc1cccc(F)c1)[C@@H](c1ccccc1)N1CCOCC1. The topological polar surface area (TPSA) is 41.6 Å². The van der Waals surface area contributed by atoms with Gasteiger partial charge in [-0.2, -0.15) is 0 Å². The van der Waals surface area contributed by atoms with Crippen LogP contribution in [0.4, 0.5) is 10.1 Å². The molecule has 0 spiro atoms. The smallest absolute Gasteiger partial charge is 0.246 e. The number of nitrogens with one attached hydrogen (secondary N) is 1. The number of anilines is 1. The van der Waals surface area contributed by atoms with Gasteiger partial charge in [-0.15, -0.1) is 0 Å². The zero-order valence-corrected chi connectivity index (χ0v) is 12.7. The summed E-state index contributed by atoms with van der Waals surface area (Å²) in [4.78, 5) is 14.9. The molecule has 0 aliphatic carbocycles. The van der Waals surface area contributed by atoms with E-state index in [9.17, 15) is 9.18 Å². The van der Waals surface area contributed by atoms with Crippen LogP contribution in [0.1, 0.15) is 11.6 Å². The molecule has 3 rings (SSSR count). The maximum Gasteiger partial charge on any atom is 0.246 e. The van der Waals surface area contributed by atoms with E-state index in [-0.39, 0.29) is 11.7 Å². The van der Waals surface area contributed by atoms with E-state index in [1.807, 2.05) is 30.3 Å². The largest absolute Gasteiger partial charge is 0.379 e. The second kappa shape index (κ2) is 7.35. The number of amides is 1. The summed E-state index contributed by atoms with van der Waals surface area (Å²) in [7, 11) is 0. The zero-order valence-electron chi connectivity index (χ0n) is 12.7. The Kier molecular flexibility index (Phi) is 5.00. The summed E-state index contributed by atoms with van der Waals surface area (Å²) in [5.74, 6) is -0.533. The van der Waals surface area contributed by atoms with Crippen molar-refractivity contribution < 1.29 is 13.9 Å². The van der Waals surface area contributed by atoms with Crippen molar-refractivity contribution in [2.75, 3.05) is 31.6 Å². The average Bonchev–Trinajstić information content (AvgIpc) is 2.57. The van der Waals surface area contributed by atoms with Crippen LogP contribution < -0.4 is 5.32 Å². The molecule has 0 unspecified atom stereocenters. The number of carbonyl (C=O) groups is 1. The molecule has 23 heavy (non-hydrogen) atoms. The van der Waals surface area contributed by atoms with E-state index < -0.39 is 6.04 Å². The van der Waals surface area contributed by atoms with Crippen LogP contribution in [0.2, 0.25) is 0 Å². The molecule has 0 saturated carbocycles. The lowest BCUT2D eigenvalue weighted by molar-refractivity contribution is -0.123. The molecule has 1 aliphatic heterocycles. The van der Waals surface area contributed by atoms with Crippen molar-refractivity contribution in [1.82, 2.24) is 4.90 Å². The first-order valence-electron chi connectivity index (χ1n) is 7.67. The molecule has 120 valence electrons. The molecule has 0 radical (unpaired) electrons. The third-order valence-corrected chi connectivity index (χ3v) is 3.87. The molecule has 1 atom stereocenters. The minimum atomic E-state index is -0.414. The van der Waals surface area contributed by atoms with Gasteiger partial charge in [0, 0.05) is 18.8 Å². The summed E-state index contributed by atoms with van der Waals surface area (Å²) in [5.41, 5.74) is 1.38. The van der Waals surface area contributed by atoms with E-state index in [2.05, 4.69) is 10.2 Å². The number of rotatable bonds is 4. The van der Waals surface area contributed by atoms with Gasteiger partial charge in [0.1, 0.15) is 11.9 Å². The lowest BCUT2D eigenvalue weighted by atomic mass is 10.0. The minimum Gasteiger partial charge on any atom is -0.379 e. The molecule has 1 aliphatic rings. The van der Waals surface area contributed by atoms with E-state index in [4.69, 9.17) is 4.74 Å². The highest BCUT2D eigenvalue weighted by atomic mass is 19.1. The Hall–Kier alpha value is -2.24. The molecule has 2 aromatic rings. The van der Waals surface area contributed by atoms with Crippen molar-refractivity contribution in [3.63, 3.8) is 0 Å². The molecule has 5 heteroatoms. The lowest BCUT2D eigenvalue weighted by Gasteiger charge is -2.33. The Balaban J connectivity index is 1.83.